The zero-order valence-electron chi connectivity index (χ0n) is 13.2. The van der Waals surface area contributed by atoms with Gasteiger partial charge in [0.05, 0.1) is 0 Å². The molecule has 0 bridgehead atoms. The summed E-state index contributed by atoms with van der Waals surface area (Å²) in [6.07, 6.45) is 6.19. The number of carbonyl (C=O) groups excluding carboxylic acids is 2. The first-order valence-electron chi connectivity index (χ1n) is 7.89. The van der Waals surface area contributed by atoms with E-state index in [0.29, 0.717) is 0 Å². The van der Waals surface area contributed by atoms with E-state index in [1.54, 1.807) is 0 Å². The van der Waals surface area contributed by atoms with E-state index in [1.807, 2.05) is 27.7 Å². The Morgan fingerprint density at radius 1 is 0.800 bits per heavy atom. The fourth-order valence-electron chi connectivity index (χ4n) is 2.88. The van der Waals surface area contributed by atoms with Gasteiger partial charge < -0.3 is 10.6 Å². The van der Waals surface area contributed by atoms with E-state index < -0.39 is 0 Å². The highest BCUT2D eigenvalue weighted by atomic mass is 16.2. The SMILES string of the molecule is C[C@H](NC(=O)C1(C)CCC1)[C@H](C)NC(=O)C1(C)CCC1. The van der Waals surface area contributed by atoms with Gasteiger partial charge in [-0.25, -0.2) is 0 Å². The van der Waals surface area contributed by atoms with E-state index in [0.717, 1.165) is 38.5 Å². The average molecular weight is 280 g/mol. The van der Waals surface area contributed by atoms with Crippen molar-refractivity contribution >= 4 is 11.8 Å². The molecule has 0 unspecified atom stereocenters. The van der Waals surface area contributed by atoms with Gasteiger partial charge in [0.1, 0.15) is 0 Å². The summed E-state index contributed by atoms with van der Waals surface area (Å²) in [5.41, 5.74) is -0.365. The van der Waals surface area contributed by atoms with Crippen molar-refractivity contribution < 1.29 is 9.59 Å². The number of hydrogen-bond acceptors (Lipinski definition) is 2. The maximum atomic E-state index is 12.2. The lowest BCUT2D eigenvalue weighted by Crippen LogP contribution is -2.55. The number of amides is 2. The third kappa shape index (κ3) is 2.84. The summed E-state index contributed by atoms with van der Waals surface area (Å²) in [6.45, 7) is 7.98. The van der Waals surface area contributed by atoms with Crippen molar-refractivity contribution in [1.82, 2.24) is 10.6 Å². The molecule has 2 atom stereocenters. The molecular formula is C16H28N2O2. The first-order valence-corrected chi connectivity index (χ1v) is 7.89. The van der Waals surface area contributed by atoms with Crippen LogP contribution in [-0.4, -0.2) is 23.9 Å². The van der Waals surface area contributed by atoms with Crippen LogP contribution in [0.3, 0.4) is 0 Å². The van der Waals surface area contributed by atoms with Gasteiger partial charge in [-0.3, -0.25) is 9.59 Å². The van der Waals surface area contributed by atoms with Crippen molar-refractivity contribution in [3.05, 3.63) is 0 Å². The van der Waals surface area contributed by atoms with Crippen molar-refractivity contribution in [2.24, 2.45) is 10.8 Å². The first kappa shape index (κ1) is 15.3. The van der Waals surface area contributed by atoms with E-state index >= 15 is 0 Å². The van der Waals surface area contributed by atoms with Crippen molar-refractivity contribution in [3.63, 3.8) is 0 Å². The monoisotopic (exact) mass is 280 g/mol. The van der Waals surface area contributed by atoms with Crippen LogP contribution in [0.25, 0.3) is 0 Å². The molecule has 2 aliphatic carbocycles. The zero-order valence-corrected chi connectivity index (χ0v) is 13.2. The van der Waals surface area contributed by atoms with Crippen molar-refractivity contribution in [3.8, 4) is 0 Å². The molecule has 114 valence electrons. The molecular weight excluding hydrogens is 252 g/mol. The summed E-state index contributed by atoms with van der Waals surface area (Å²) in [7, 11) is 0. The Hall–Kier alpha value is -1.06. The molecule has 4 nitrogen and oxygen atoms in total. The van der Waals surface area contributed by atoms with Crippen LogP contribution in [0.2, 0.25) is 0 Å². The van der Waals surface area contributed by atoms with Crippen LogP contribution in [0, 0.1) is 10.8 Å². The molecule has 2 rings (SSSR count). The van der Waals surface area contributed by atoms with E-state index in [1.165, 1.54) is 0 Å². The molecule has 0 aromatic heterocycles. The minimum atomic E-state index is -0.183. The molecule has 0 aliphatic heterocycles. The van der Waals surface area contributed by atoms with Crippen LogP contribution in [0.4, 0.5) is 0 Å². The molecule has 0 aromatic carbocycles. The van der Waals surface area contributed by atoms with E-state index in [-0.39, 0.29) is 34.7 Å². The van der Waals surface area contributed by atoms with E-state index in [2.05, 4.69) is 10.6 Å². The predicted molar refractivity (Wildman–Crippen MR) is 79.1 cm³/mol. The fraction of sp³-hybridized carbons (Fsp3) is 0.875. The second-order valence-electron chi connectivity index (χ2n) is 7.35. The normalized spacial score (nSPS) is 25.6. The Balaban J connectivity index is 1.81. The Kier molecular flexibility index (Phi) is 4.12. The van der Waals surface area contributed by atoms with Crippen LogP contribution in [0.15, 0.2) is 0 Å². The summed E-state index contributed by atoms with van der Waals surface area (Å²) in [5, 5.41) is 6.12. The standard InChI is InChI=1S/C16H28N2O2/c1-11(17-13(19)15(3)7-5-8-15)12(2)18-14(20)16(4)9-6-10-16/h11-12H,5-10H2,1-4H3,(H,17,19)(H,18,20)/t11-,12-/m0/s1. The van der Waals surface area contributed by atoms with Gasteiger partial charge in [-0.15, -0.1) is 0 Å². The van der Waals surface area contributed by atoms with Gasteiger partial charge in [0, 0.05) is 22.9 Å². The fourth-order valence-corrected chi connectivity index (χ4v) is 2.88. The molecule has 2 amide bonds. The molecule has 0 radical (unpaired) electrons. The van der Waals surface area contributed by atoms with Crippen molar-refractivity contribution in [1.29, 1.82) is 0 Å². The Morgan fingerprint density at radius 2 is 1.10 bits per heavy atom. The second kappa shape index (κ2) is 5.38. The number of nitrogens with one attached hydrogen (secondary N) is 2. The van der Waals surface area contributed by atoms with E-state index in [4.69, 9.17) is 0 Å². The summed E-state index contributed by atoms with van der Waals surface area (Å²) in [4.78, 5) is 24.4. The van der Waals surface area contributed by atoms with E-state index in [9.17, 15) is 9.59 Å². The van der Waals surface area contributed by atoms with Crippen LogP contribution < -0.4 is 10.6 Å². The molecule has 2 aliphatic rings. The Labute approximate surface area is 122 Å². The van der Waals surface area contributed by atoms with Gasteiger partial charge in [0.15, 0.2) is 0 Å². The topological polar surface area (TPSA) is 58.2 Å². The number of carbonyl (C=O) groups is 2. The first-order chi connectivity index (χ1) is 9.27. The molecule has 0 heterocycles. The molecule has 2 saturated carbocycles. The quantitative estimate of drug-likeness (QED) is 0.812. The lowest BCUT2D eigenvalue weighted by Gasteiger charge is -2.40. The van der Waals surface area contributed by atoms with Crippen LogP contribution in [0.5, 0.6) is 0 Å². The minimum absolute atomic E-state index is 0.0347. The summed E-state index contributed by atoms with van der Waals surface area (Å²) in [5.74, 6) is 0.263. The van der Waals surface area contributed by atoms with Crippen molar-refractivity contribution in [2.75, 3.05) is 0 Å². The molecule has 20 heavy (non-hydrogen) atoms. The molecule has 0 saturated heterocycles. The van der Waals surface area contributed by atoms with Crippen LogP contribution >= 0.6 is 0 Å². The zero-order chi connectivity index (χ0) is 15.0. The minimum Gasteiger partial charge on any atom is -0.351 e. The summed E-state index contributed by atoms with van der Waals surface area (Å²) >= 11 is 0. The van der Waals surface area contributed by atoms with Gasteiger partial charge in [-0.2, -0.15) is 0 Å². The van der Waals surface area contributed by atoms with Crippen LogP contribution in [0.1, 0.15) is 66.2 Å². The van der Waals surface area contributed by atoms with Gasteiger partial charge in [-0.05, 0) is 39.5 Å². The van der Waals surface area contributed by atoms with Gasteiger partial charge >= 0.3 is 0 Å². The summed E-state index contributed by atoms with van der Waals surface area (Å²) in [6, 6.07) is -0.0693. The lowest BCUT2D eigenvalue weighted by atomic mass is 9.69. The van der Waals surface area contributed by atoms with Gasteiger partial charge in [-0.1, -0.05) is 26.7 Å². The molecule has 4 heteroatoms. The van der Waals surface area contributed by atoms with Crippen molar-refractivity contribution in [2.45, 2.75) is 78.3 Å². The highest BCUT2D eigenvalue weighted by Crippen LogP contribution is 2.41. The lowest BCUT2D eigenvalue weighted by molar-refractivity contribution is -0.137. The number of rotatable bonds is 5. The second-order valence-corrected chi connectivity index (χ2v) is 7.35. The van der Waals surface area contributed by atoms with Gasteiger partial charge in [0.2, 0.25) is 11.8 Å². The number of hydrogen-bond donors (Lipinski definition) is 2. The molecule has 0 spiro atoms. The smallest absolute Gasteiger partial charge is 0.226 e. The highest BCUT2D eigenvalue weighted by Gasteiger charge is 2.41. The largest absolute Gasteiger partial charge is 0.351 e. The van der Waals surface area contributed by atoms with Crippen LogP contribution in [-0.2, 0) is 9.59 Å². The third-order valence-electron chi connectivity index (χ3n) is 5.48. The third-order valence-corrected chi connectivity index (χ3v) is 5.48. The molecule has 2 N–H and O–H groups in total. The predicted octanol–water partition coefficient (Wildman–Crippen LogP) is 2.38. The Bertz CT molecular complexity index is 359. The summed E-state index contributed by atoms with van der Waals surface area (Å²) < 4.78 is 0. The molecule has 2 fully saturated rings. The average Bonchev–Trinajstić information content (AvgIpc) is 2.32. The molecule has 0 aromatic rings. The highest BCUT2D eigenvalue weighted by molar-refractivity contribution is 5.84. The Morgan fingerprint density at radius 3 is 1.30 bits per heavy atom. The van der Waals surface area contributed by atoms with Gasteiger partial charge in [0.25, 0.3) is 0 Å². The maximum Gasteiger partial charge on any atom is 0.226 e. The maximum absolute atomic E-state index is 12.2.